The number of rotatable bonds is 15. The Morgan fingerprint density at radius 2 is 1.41 bits per heavy atom. The molecule has 10 heteroatoms. The van der Waals surface area contributed by atoms with E-state index in [2.05, 4.69) is 5.32 Å². The highest BCUT2D eigenvalue weighted by molar-refractivity contribution is 7.92. The zero-order valence-corrected chi connectivity index (χ0v) is 27.9. The lowest BCUT2D eigenvalue weighted by Gasteiger charge is -2.34. The minimum Gasteiger partial charge on any atom is -0.494 e. The molecule has 1 N–H and O–H groups in total. The average molecular weight is 662 g/mol. The number of carbonyl (C=O) groups is 2. The summed E-state index contributed by atoms with van der Waals surface area (Å²) in [5.74, 6) is -0.275. The van der Waals surface area contributed by atoms with Crippen LogP contribution >= 0.6 is 11.6 Å². The van der Waals surface area contributed by atoms with E-state index in [0.29, 0.717) is 23.8 Å². The molecule has 4 aromatic rings. The second-order valence-electron chi connectivity index (χ2n) is 10.9. The van der Waals surface area contributed by atoms with Gasteiger partial charge in [0, 0.05) is 24.0 Å². The highest BCUT2D eigenvalue weighted by Crippen LogP contribution is 2.28. The molecule has 0 bridgehead atoms. The highest BCUT2D eigenvalue weighted by Gasteiger charge is 2.35. The Kier molecular flexibility index (Phi) is 12.2. The second kappa shape index (κ2) is 16.3. The van der Waals surface area contributed by atoms with E-state index in [9.17, 15) is 18.0 Å². The first-order valence-electron chi connectivity index (χ1n) is 15.3. The molecule has 0 fully saturated rings. The van der Waals surface area contributed by atoms with Gasteiger partial charge in [0.05, 0.1) is 17.2 Å². The molecule has 0 aliphatic heterocycles. The molecule has 8 nitrogen and oxygen atoms in total. The minimum absolute atomic E-state index is 0.0245. The molecular weight excluding hydrogens is 622 g/mol. The molecule has 0 aromatic heterocycles. The lowest BCUT2D eigenvalue weighted by Crippen LogP contribution is -2.54. The molecule has 0 unspecified atom stereocenters. The van der Waals surface area contributed by atoms with Gasteiger partial charge in [-0.1, -0.05) is 79.2 Å². The van der Waals surface area contributed by atoms with Crippen LogP contribution in [0.2, 0.25) is 5.02 Å². The van der Waals surface area contributed by atoms with Crippen LogP contribution in [-0.4, -0.2) is 50.4 Å². The molecule has 2 atom stereocenters. The van der Waals surface area contributed by atoms with Crippen molar-refractivity contribution in [1.29, 1.82) is 0 Å². The minimum atomic E-state index is -4.24. The molecule has 0 spiro atoms. The summed E-state index contributed by atoms with van der Waals surface area (Å²) >= 11 is 6.06. The van der Waals surface area contributed by atoms with Crippen molar-refractivity contribution >= 4 is 39.1 Å². The molecule has 0 aliphatic rings. The van der Waals surface area contributed by atoms with Crippen molar-refractivity contribution in [2.45, 2.75) is 57.1 Å². The van der Waals surface area contributed by atoms with E-state index in [0.717, 1.165) is 15.4 Å². The largest absolute Gasteiger partial charge is 0.494 e. The van der Waals surface area contributed by atoms with Crippen molar-refractivity contribution in [2.24, 2.45) is 0 Å². The monoisotopic (exact) mass is 661 g/mol. The topological polar surface area (TPSA) is 96.0 Å². The summed E-state index contributed by atoms with van der Waals surface area (Å²) in [6.07, 6.45) is 0.954. The lowest BCUT2D eigenvalue weighted by atomic mass is 10.0. The maximum Gasteiger partial charge on any atom is 0.264 e. The quantitative estimate of drug-likeness (QED) is 0.157. The summed E-state index contributed by atoms with van der Waals surface area (Å²) in [6.45, 7) is 5.74. The molecule has 0 saturated carbocycles. The third-order valence-electron chi connectivity index (χ3n) is 7.58. The molecule has 4 rings (SSSR count). The Bertz CT molecular complexity index is 1670. The van der Waals surface area contributed by atoms with Gasteiger partial charge < -0.3 is 15.0 Å². The standard InChI is InChI=1S/C36H40ClN3O5S/c1-4-27(3)38-36(42)34(24-28-12-8-6-9-13-28)39(25-29-14-10-7-11-15-29)35(41)26-40(31-18-20-32(21-19-31)45-5-2)46(43,44)33-22-16-30(37)17-23-33/h6-23,27,34H,4-5,24-26H2,1-3H3,(H,38,42)/t27-,34-/m0/s1. The molecule has 2 amide bonds. The van der Waals surface area contributed by atoms with E-state index in [1.54, 1.807) is 24.3 Å². The number of hydrogen-bond donors (Lipinski definition) is 1. The molecule has 0 heterocycles. The lowest BCUT2D eigenvalue weighted by molar-refractivity contribution is -0.140. The Hall–Kier alpha value is -4.34. The zero-order chi connectivity index (χ0) is 33.1. The van der Waals surface area contributed by atoms with Crippen molar-refractivity contribution in [3.63, 3.8) is 0 Å². The summed E-state index contributed by atoms with van der Waals surface area (Å²) < 4.78 is 34.9. The number of anilines is 1. The fourth-order valence-corrected chi connectivity index (χ4v) is 6.45. The Morgan fingerprint density at radius 3 is 1.98 bits per heavy atom. The predicted molar refractivity (Wildman–Crippen MR) is 182 cm³/mol. The van der Waals surface area contributed by atoms with Gasteiger partial charge in [-0.15, -0.1) is 0 Å². The Balaban J connectivity index is 1.79. The number of halogens is 1. The number of nitrogens with one attached hydrogen (secondary N) is 1. The molecule has 0 radical (unpaired) electrons. The van der Waals surface area contributed by atoms with Crippen molar-refractivity contribution in [3.8, 4) is 5.75 Å². The maximum absolute atomic E-state index is 14.5. The van der Waals surface area contributed by atoms with E-state index in [4.69, 9.17) is 16.3 Å². The van der Waals surface area contributed by atoms with Crippen LogP contribution in [0.25, 0.3) is 0 Å². The first-order valence-corrected chi connectivity index (χ1v) is 17.1. The average Bonchev–Trinajstić information content (AvgIpc) is 3.06. The summed E-state index contributed by atoms with van der Waals surface area (Å²) in [6, 6.07) is 30.1. The number of carbonyl (C=O) groups excluding carboxylic acids is 2. The van der Waals surface area contributed by atoms with Crippen LogP contribution in [0.5, 0.6) is 5.75 Å². The summed E-state index contributed by atoms with van der Waals surface area (Å²) in [7, 11) is -4.24. The number of ether oxygens (including phenoxy) is 1. The van der Waals surface area contributed by atoms with Gasteiger partial charge in [0.2, 0.25) is 11.8 Å². The van der Waals surface area contributed by atoms with Crippen molar-refractivity contribution in [2.75, 3.05) is 17.5 Å². The van der Waals surface area contributed by atoms with Gasteiger partial charge >= 0.3 is 0 Å². The van der Waals surface area contributed by atoms with E-state index >= 15 is 0 Å². The van der Waals surface area contributed by atoms with Gasteiger partial charge in [0.25, 0.3) is 10.0 Å². The van der Waals surface area contributed by atoms with Crippen molar-refractivity contribution in [3.05, 3.63) is 125 Å². The van der Waals surface area contributed by atoms with Gasteiger partial charge in [-0.05, 0) is 79.9 Å². The molecule has 46 heavy (non-hydrogen) atoms. The van der Waals surface area contributed by atoms with Gasteiger partial charge in [-0.3, -0.25) is 13.9 Å². The van der Waals surface area contributed by atoms with Crippen LogP contribution in [0.15, 0.2) is 114 Å². The van der Waals surface area contributed by atoms with Crippen LogP contribution in [0.1, 0.15) is 38.3 Å². The number of nitrogens with zero attached hydrogens (tertiary/aromatic N) is 2. The van der Waals surface area contributed by atoms with Crippen LogP contribution in [0.3, 0.4) is 0 Å². The third-order valence-corrected chi connectivity index (χ3v) is 9.62. The van der Waals surface area contributed by atoms with Crippen LogP contribution in [0.4, 0.5) is 5.69 Å². The fraction of sp³-hybridized carbons (Fsp3) is 0.278. The predicted octanol–water partition coefficient (Wildman–Crippen LogP) is 6.49. The third kappa shape index (κ3) is 9.11. The first kappa shape index (κ1) is 34.5. The summed E-state index contributed by atoms with van der Waals surface area (Å²) in [5.41, 5.74) is 1.95. The Labute approximate surface area is 277 Å². The van der Waals surface area contributed by atoms with Gasteiger partial charge in [-0.2, -0.15) is 0 Å². The number of amides is 2. The van der Waals surface area contributed by atoms with E-state index in [-0.39, 0.29) is 35.5 Å². The highest BCUT2D eigenvalue weighted by atomic mass is 35.5. The van der Waals surface area contributed by atoms with Crippen LogP contribution < -0.4 is 14.4 Å². The SMILES string of the molecule is CCOc1ccc(N(CC(=O)N(Cc2ccccc2)[C@@H](Cc2ccccc2)C(=O)N[C@@H](C)CC)S(=O)(=O)c2ccc(Cl)cc2)cc1. The van der Waals surface area contributed by atoms with Gasteiger partial charge in [0.1, 0.15) is 18.3 Å². The van der Waals surface area contributed by atoms with Gasteiger partial charge in [0.15, 0.2) is 0 Å². The first-order chi connectivity index (χ1) is 22.1. The molecule has 0 saturated heterocycles. The van der Waals surface area contributed by atoms with Crippen molar-refractivity contribution in [1.82, 2.24) is 10.2 Å². The number of sulfonamides is 1. The Morgan fingerprint density at radius 1 is 0.826 bits per heavy atom. The summed E-state index contributed by atoms with van der Waals surface area (Å²) in [5, 5.41) is 3.43. The number of hydrogen-bond acceptors (Lipinski definition) is 5. The molecular formula is C36H40ClN3O5S. The van der Waals surface area contributed by atoms with Crippen LogP contribution in [0, 0.1) is 0 Å². The maximum atomic E-state index is 14.5. The van der Waals surface area contributed by atoms with Gasteiger partial charge in [-0.25, -0.2) is 8.42 Å². The van der Waals surface area contributed by atoms with Crippen LogP contribution in [-0.2, 0) is 32.6 Å². The van der Waals surface area contributed by atoms with Crippen molar-refractivity contribution < 1.29 is 22.7 Å². The molecule has 242 valence electrons. The normalized spacial score (nSPS) is 12.5. The second-order valence-corrected chi connectivity index (χ2v) is 13.2. The zero-order valence-electron chi connectivity index (χ0n) is 26.3. The smallest absolute Gasteiger partial charge is 0.264 e. The van der Waals surface area contributed by atoms with E-state index < -0.39 is 28.5 Å². The molecule has 4 aromatic carbocycles. The van der Waals surface area contributed by atoms with E-state index in [1.807, 2.05) is 81.4 Å². The van der Waals surface area contributed by atoms with E-state index in [1.165, 1.54) is 29.2 Å². The molecule has 0 aliphatic carbocycles. The number of benzene rings is 4. The summed E-state index contributed by atoms with van der Waals surface area (Å²) in [4.78, 5) is 29.9. The fourth-order valence-electron chi connectivity index (χ4n) is 4.91.